The van der Waals surface area contributed by atoms with Gasteiger partial charge in [0.15, 0.2) is 11.5 Å². The second kappa shape index (κ2) is 7.39. The zero-order valence-corrected chi connectivity index (χ0v) is 13.0. The fourth-order valence-corrected chi connectivity index (χ4v) is 2.20. The number of rotatable bonds is 6. The number of benzene rings is 1. The Labute approximate surface area is 141 Å². The number of halogens is 1. The van der Waals surface area contributed by atoms with Crippen LogP contribution in [0.3, 0.4) is 0 Å². The number of nitrogens with one attached hydrogen (secondary N) is 4. The number of aromatic nitrogens is 4. The number of nitrogens with zero attached hydrogens (tertiary/aromatic N) is 2. The summed E-state index contributed by atoms with van der Waals surface area (Å²) in [6.07, 6.45) is 4.38. The molecule has 0 atom stereocenters. The molecule has 0 unspecified atom stereocenters. The van der Waals surface area contributed by atoms with Gasteiger partial charge >= 0.3 is 0 Å². The Morgan fingerprint density at radius 2 is 1.68 bits per heavy atom. The van der Waals surface area contributed by atoms with Crippen molar-refractivity contribution in [3.8, 4) is 11.1 Å². The van der Waals surface area contributed by atoms with Crippen LogP contribution in [0.15, 0.2) is 42.9 Å². The molecule has 0 spiro atoms. The van der Waals surface area contributed by atoms with Gasteiger partial charge in [-0.25, -0.2) is 4.39 Å². The number of aromatic amines is 2. The third-order valence-corrected chi connectivity index (χ3v) is 3.49. The number of hydrogen-bond acceptors (Lipinski definition) is 4. The summed E-state index contributed by atoms with van der Waals surface area (Å²) in [5.41, 5.74) is 2.14. The highest BCUT2D eigenvalue weighted by molar-refractivity contribution is 5.95. The van der Waals surface area contributed by atoms with Gasteiger partial charge < -0.3 is 10.6 Å². The first-order valence-corrected chi connectivity index (χ1v) is 7.49. The molecule has 0 aliphatic rings. The van der Waals surface area contributed by atoms with E-state index in [0.717, 1.165) is 17.3 Å². The number of hydrogen-bond donors (Lipinski definition) is 4. The van der Waals surface area contributed by atoms with E-state index in [4.69, 9.17) is 0 Å². The van der Waals surface area contributed by atoms with E-state index >= 15 is 0 Å². The largest absolute Gasteiger partial charge is 0.350 e. The normalized spacial score (nSPS) is 10.4. The molecule has 0 saturated carbocycles. The smallest absolute Gasteiger partial charge is 0.272 e. The Hall–Kier alpha value is -3.49. The van der Waals surface area contributed by atoms with E-state index in [1.165, 1.54) is 0 Å². The van der Waals surface area contributed by atoms with Crippen molar-refractivity contribution in [2.45, 2.75) is 0 Å². The molecule has 3 rings (SSSR count). The molecule has 2 heterocycles. The van der Waals surface area contributed by atoms with Crippen LogP contribution in [-0.4, -0.2) is 45.3 Å². The summed E-state index contributed by atoms with van der Waals surface area (Å²) in [6.45, 7) is 0.375. The fraction of sp³-hybridized carbons (Fsp3) is 0.125. The van der Waals surface area contributed by atoms with Gasteiger partial charge in [-0.15, -0.1) is 0 Å². The minimum absolute atomic E-state index is 0.163. The molecule has 0 aliphatic heterocycles. The van der Waals surface area contributed by atoms with Gasteiger partial charge in [0.25, 0.3) is 11.8 Å². The molecule has 0 radical (unpaired) electrons. The van der Waals surface area contributed by atoms with E-state index in [0.29, 0.717) is 5.56 Å². The zero-order chi connectivity index (χ0) is 17.6. The van der Waals surface area contributed by atoms with Crippen LogP contribution in [0.2, 0.25) is 0 Å². The molecule has 4 N–H and O–H groups in total. The summed E-state index contributed by atoms with van der Waals surface area (Å²) in [4.78, 5) is 23.7. The minimum atomic E-state index is -0.723. The topological polar surface area (TPSA) is 116 Å². The third kappa shape index (κ3) is 3.89. The standard InChI is InChI=1S/C16H15FN6O2/c17-13-9-22-23-14(13)16(25)19-6-5-18-15(24)11-3-1-10(2-4-11)12-7-20-21-8-12/h1-4,7-9H,5-6H2,(H,18,24)(H,19,25)(H,20,21)(H,22,23). The molecule has 8 nitrogen and oxygen atoms in total. The molecule has 2 amide bonds. The maximum Gasteiger partial charge on any atom is 0.272 e. The molecule has 2 aromatic heterocycles. The van der Waals surface area contributed by atoms with Crippen LogP contribution in [0.25, 0.3) is 11.1 Å². The predicted octanol–water partition coefficient (Wildman–Crippen LogP) is 1.10. The first-order valence-electron chi connectivity index (χ1n) is 7.49. The van der Waals surface area contributed by atoms with Crippen LogP contribution in [0.1, 0.15) is 20.8 Å². The van der Waals surface area contributed by atoms with Crippen LogP contribution in [-0.2, 0) is 0 Å². The van der Waals surface area contributed by atoms with E-state index in [9.17, 15) is 14.0 Å². The molecule has 0 fully saturated rings. The van der Waals surface area contributed by atoms with Gasteiger partial charge in [0.2, 0.25) is 0 Å². The molecular formula is C16H15FN6O2. The van der Waals surface area contributed by atoms with Gasteiger partial charge in [0.05, 0.1) is 12.4 Å². The summed E-state index contributed by atoms with van der Waals surface area (Å²) >= 11 is 0. The van der Waals surface area contributed by atoms with Gasteiger partial charge in [0.1, 0.15) is 0 Å². The van der Waals surface area contributed by atoms with Crippen molar-refractivity contribution in [3.05, 3.63) is 59.9 Å². The Kier molecular flexibility index (Phi) is 4.84. The second-order valence-electron chi connectivity index (χ2n) is 5.17. The summed E-state index contributed by atoms with van der Waals surface area (Å²) in [7, 11) is 0. The van der Waals surface area contributed by atoms with Crippen LogP contribution in [0.5, 0.6) is 0 Å². The Morgan fingerprint density at radius 1 is 0.960 bits per heavy atom. The van der Waals surface area contributed by atoms with Crippen molar-refractivity contribution in [3.63, 3.8) is 0 Å². The van der Waals surface area contributed by atoms with E-state index in [1.807, 2.05) is 12.1 Å². The van der Waals surface area contributed by atoms with E-state index < -0.39 is 11.7 Å². The van der Waals surface area contributed by atoms with E-state index in [2.05, 4.69) is 31.0 Å². The Morgan fingerprint density at radius 3 is 2.28 bits per heavy atom. The number of H-pyrrole nitrogens is 2. The fourth-order valence-electron chi connectivity index (χ4n) is 2.20. The van der Waals surface area contributed by atoms with Gasteiger partial charge in [-0.2, -0.15) is 10.2 Å². The second-order valence-corrected chi connectivity index (χ2v) is 5.17. The quantitative estimate of drug-likeness (QED) is 0.502. The van der Waals surface area contributed by atoms with Gasteiger partial charge in [-0.3, -0.25) is 19.8 Å². The monoisotopic (exact) mass is 342 g/mol. The van der Waals surface area contributed by atoms with Crippen LogP contribution in [0, 0.1) is 5.82 Å². The maximum atomic E-state index is 13.2. The van der Waals surface area contributed by atoms with Gasteiger partial charge in [-0.05, 0) is 17.7 Å². The summed E-state index contributed by atoms with van der Waals surface area (Å²) in [5.74, 6) is -1.60. The number of amides is 2. The van der Waals surface area contributed by atoms with Crippen LogP contribution in [0.4, 0.5) is 4.39 Å². The van der Waals surface area contributed by atoms with Crippen LogP contribution < -0.4 is 10.6 Å². The molecule has 3 aromatic rings. The molecule has 9 heteroatoms. The molecule has 0 saturated heterocycles. The average Bonchev–Trinajstić information content (AvgIpc) is 3.30. The lowest BCUT2D eigenvalue weighted by molar-refractivity contribution is 0.0922. The minimum Gasteiger partial charge on any atom is -0.350 e. The maximum absolute atomic E-state index is 13.2. The zero-order valence-electron chi connectivity index (χ0n) is 13.0. The summed E-state index contributed by atoms with van der Waals surface area (Å²) < 4.78 is 13.2. The Balaban J connectivity index is 1.46. The van der Waals surface area contributed by atoms with Crippen LogP contribution >= 0.6 is 0 Å². The van der Waals surface area contributed by atoms with Crippen molar-refractivity contribution in [1.29, 1.82) is 0 Å². The highest BCUT2D eigenvalue weighted by atomic mass is 19.1. The lowest BCUT2D eigenvalue weighted by Crippen LogP contribution is -2.35. The van der Waals surface area contributed by atoms with Gasteiger partial charge in [0, 0.05) is 30.4 Å². The molecule has 1 aromatic carbocycles. The lowest BCUT2D eigenvalue weighted by Gasteiger charge is -2.07. The van der Waals surface area contributed by atoms with Crippen molar-refractivity contribution in [2.75, 3.05) is 13.1 Å². The third-order valence-electron chi connectivity index (χ3n) is 3.49. The number of carbonyl (C=O) groups excluding carboxylic acids is 2. The number of carbonyl (C=O) groups is 2. The van der Waals surface area contributed by atoms with Crippen molar-refractivity contribution in [1.82, 2.24) is 31.0 Å². The van der Waals surface area contributed by atoms with Crippen molar-refractivity contribution < 1.29 is 14.0 Å². The van der Waals surface area contributed by atoms with E-state index in [-0.39, 0.29) is 24.7 Å². The highest BCUT2D eigenvalue weighted by Gasteiger charge is 2.13. The summed E-state index contributed by atoms with van der Waals surface area (Å²) in [6, 6.07) is 7.05. The first kappa shape index (κ1) is 16.4. The SMILES string of the molecule is O=C(NCCNC(=O)c1[nH]ncc1F)c1ccc(-c2cn[nH]c2)cc1. The predicted molar refractivity (Wildman–Crippen MR) is 87.2 cm³/mol. The Bertz CT molecular complexity index is 857. The molecule has 0 aliphatic carbocycles. The highest BCUT2D eigenvalue weighted by Crippen LogP contribution is 2.17. The van der Waals surface area contributed by atoms with Gasteiger partial charge in [-0.1, -0.05) is 12.1 Å². The average molecular weight is 342 g/mol. The lowest BCUT2D eigenvalue weighted by atomic mass is 10.1. The molecule has 25 heavy (non-hydrogen) atoms. The summed E-state index contributed by atoms with van der Waals surface area (Å²) in [5, 5.41) is 17.5. The molecule has 0 bridgehead atoms. The molecular weight excluding hydrogens is 327 g/mol. The molecule has 128 valence electrons. The van der Waals surface area contributed by atoms with E-state index in [1.54, 1.807) is 24.5 Å². The first-order chi connectivity index (χ1) is 12.1. The van der Waals surface area contributed by atoms with Crippen molar-refractivity contribution in [2.24, 2.45) is 0 Å². The van der Waals surface area contributed by atoms with Crippen molar-refractivity contribution >= 4 is 11.8 Å².